The molecule has 6 nitrogen and oxygen atoms in total. The average molecular weight is 263 g/mol. The van der Waals surface area contributed by atoms with Crippen LogP contribution in [0.4, 0.5) is 0 Å². The third-order valence-corrected chi connectivity index (χ3v) is 2.93. The summed E-state index contributed by atoms with van der Waals surface area (Å²) in [7, 11) is 1.63. The number of methoxy groups -OCH3 is 1. The summed E-state index contributed by atoms with van der Waals surface area (Å²) < 4.78 is 11.9. The van der Waals surface area contributed by atoms with E-state index >= 15 is 0 Å². The van der Waals surface area contributed by atoms with E-state index in [1.807, 2.05) is 6.92 Å². The molecule has 0 amide bonds. The SMILES string of the molecule is CO[C@H](C)CCOC(=O)c1c(C)nn2cccnc12. The summed E-state index contributed by atoms with van der Waals surface area (Å²) in [5.41, 5.74) is 1.55. The molecule has 0 aromatic carbocycles. The van der Waals surface area contributed by atoms with Gasteiger partial charge < -0.3 is 9.47 Å². The van der Waals surface area contributed by atoms with Crippen molar-refractivity contribution >= 4 is 11.6 Å². The average Bonchev–Trinajstić information content (AvgIpc) is 2.74. The van der Waals surface area contributed by atoms with Gasteiger partial charge in [0.05, 0.1) is 18.4 Å². The van der Waals surface area contributed by atoms with Gasteiger partial charge in [-0.15, -0.1) is 0 Å². The lowest BCUT2D eigenvalue weighted by atomic mass is 10.2. The van der Waals surface area contributed by atoms with Crippen LogP contribution in [0.2, 0.25) is 0 Å². The van der Waals surface area contributed by atoms with E-state index in [2.05, 4.69) is 10.1 Å². The molecule has 0 aliphatic carbocycles. The minimum Gasteiger partial charge on any atom is -0.462 e. The molecule has 0 saturated heterocycles. The number of nitrogens with zero attached hydrogens (tertiary/aromatic N) is 3. The van der Waals surface area contributed by atoms with E-state index in [9.17, 15) is 4.79 Å². The molecular formula is C13H17N3O3. The summed E-state index contributed by atoms with van der Waals surface area (Å²) in [6, 6.07) is 1.76. The number of carbonyl (C=O) groups is 1. The number of hydrogen-bond donors (Lipinski definition) is 0. The molecular weight excluding hydrogens is 246 g/mol. The molecule has 0 unspecified atom stereocenters. The summed E-state index contributed by atoms with van der Waals surface area (Å²) >= 11 is 0. The molecule has 6 heteroatoms. The van der Waals surface area contributed by atoms with Crippen LogP contribution in [0.25, 0.3) is 5.65 Å². The van der Waals surface area contributed by atoms with Gasteiger partial charge in [-0.25, -0.2) is 14.3 Å². The van der Waals surface area contributed by atoms with Crippen molar-refractivity contribution in [2.75, 3.05) is 13.7 Å². The van der Waals surface area contributed by atoms with E-state index in [4.69, 9.17) is 9.47 Å². The molecule has 2 aromatic heterocycles. The zero-order chi connectivity index (χ0) is 13.8. The van der Waals surface area contributed by atoms with Gasteiger partial charge in [0, 0.05) is 25.9 Å². The quantitative estimate of drug-likeness (QED) is 0.767. The maximum Gasteiger partial charge on any atom is 0.343 e. The van der Waals surface area contributed by atoms with Crippen LogP contribution in [-0.4, -0.2) is 40.4 Å². The molecule has 0 saturated carbocycles. The van der Waals surface area contributed by atoms with E-state index in [-0.39, 0.29) is 6.10 Å². The summed E-state index contributed by atoms with van der Waals surface area (Å²) in [5, 5.41) is 4.22. The molecule has 2 heterocycles. The second-order valence-corrected chi connectivity index (χ2v) is 4.32. The number of aryl methyl sites for hydroxylation is 1. The molecule has 0 N–H and O–H groups in total. The van der Waals surface area contributed by atoms with Gasteiger partial charge in [-0.2, -0.15) is 5.10 Å². The van der Waals surface area contributed by atoms with Crippen molar-refractivity contribution in [1.29, 1.82) is 0 Å². The van der Waals surface area contributed by atoms with Crippen molar-refractivity contribution in [2.24, 2.45) is 0 Å². The molecule has 0 spiro atoms. The molecule has 2 rings (SSSR count). The van der Waals surface area contributed by atoms with Gasteiger partial charge in [0.15, 0.2) is 5.65 Å². The summed E-state index contributed by atoms with van der Waals surface area (Å²) in [6.07, 6.45) is 4.10. The number of rotatable bonds is 5. The third-order valence-electron chi connectivity index (χ3n) is 2.93. The van der Waals surface area contributed by atoms with Crippen LogP contribution >= 0.6 is 0 Å². The first-order chi connectivity index (χ1) is 9.13. The zero-order valence-corrected chi connectivity index (χ0v) is 11.3. The van der Waals surface area contributed by atoms with Crippen molar-refractivity contribution in [3.63, 3.8) is 0 Å². The van der Waals surface area contributed by atoms with Crippen LogP contribution in [0.5, 0.6) is 0 Å². The number of ether oxygens (including phenoxy) is 2. The van der Waals surface area contributed by atoms with E-state index < -0.39 is 5.97 Å². The van der Waals surface area contributed by atoms with Crippen LogP contribution in [0, 0.1) is 6.92 Å². The molecule has 19 heavy (non-hydrogen) atoms. The fourth-order valence-electron chi connectivity index (χ4n) is 1.74. The Morgan fingerprint density at radius 3 is 3.05 bits per heavy atom. The van der Waals surface area contributed by atoms with Crippen molar-refractivity contribution in [3.8, 4) is 0 Å². The van der Waals surface area contributed by atoms with Gasteiger partial charge in [0.2, 0.25) is 0 Å². The zero-order valence-electron chi connectivity index (χ0n) is 11.3. The third kappa shape index (κ3) is 2.90. The van der Waals surface area contributed by atoms with E-state index in [0.29, 0.717) is 29.9 Å². The molecule has 1 atom stereocenters. The first-order valence-electron chi connectivity index (χ1n) is 6.13. The predicted molar refractivity (Wildman–Crippen MR) is 69.1 cm³/mol. The Morgan fingerprint density at radius 2 is 2.32 bits per heavy atom. The maximum atomic E-state index is 12.1. The fourth-order valence-corrected chi connectivity index (χ4v) is 1.74. The minimum atomic E-state index is -0.394. The number of carbonyl (C=O) groups excluding carboxylic acids is 1. The highest BCUT2D eigenvalue weighted by molar-refractivity contribution is 5.97. The summed E-state index contributed by atoms with van der Waals surface area (Å²) in [5.74, 6) is -0.394. The van der Waals surface area contributed by atoms with Crippen LogP contribution in [-0.2, 0) is 9.47 Å². The fraction of sp³-hybridized carbons (Fsp3) is 0.462. The smallest absolute Gasteiger partial charge is 0.343 e. The first-order valence-corrected chi connectivity index (χ1v) is 6.13. The Balaban J connectivity index is 2.11. The molecule has 0 fully saturated rings. The summed E-state index contributed by atoms with van der Waals surface area (Å²) in [6.45, 7) is 4.01. The molecule has 0 radical (unpaired) electrons. The number of aromatic nitrogens is 3. The molecule has 0 bridgehead atoms. The van der Waals surface area contributed by atoms with Crippen molar-refractivity contribution in [2.45, 2.75) is 26.4 Å². The van der Waals surface area contributed by atoms with Crippen LogP contribution in [0.1, 0.15) is 29.4 Å². The van der Waals surface area contributed by atoms with Gasteiger partial charge in [-0.05, 0) is 19.9 Å². The Bertz CT molecular complexity index is 580. The van der Waals surface area contributed by atoms with Crippen LogP contribution in [0.15, 0.2) is 18.5 Å². The number of fused-ring (bicyclic) bond motifs is 1. The Morgan fingerprint density at radius 1 is 1.53 bits per heavy atom. The van der Waals surface area contributed by atoms with E-state index in [1.165, 1.54) is 0 Å². The lowest BCUT2D eigenvalue weighted by molar-refractivity contribution is 0.0392. The van der Waals surface area contributed by atoms with Gasteiger partial charge in [-0.1, -0.05) is 0 Å². The largest absolute Gasteiger partial charge is 0.462 e. The predicted octanol–water partition coefficient (Wildman–Crippen LogP) is 1.62. The van der Waals surface area contributed by atoms with Crippen LogP contribution < -0.4 is 0 Å². The lowest BCUT2D eigenvalue weighted by Gasteiger charge is -2.09. The van der Waals surface area contributed by atoms with E-state index in [1.54, 1.807) is 37.0 Å². The molecule has 102 valence electrons. The Kier molecular flexibility index (Phi) is 4.11. The normalized spacial score (nSPS) is 12.6. The van der Waals surface area contributed by atoms with Gasteiger partial charge >= 0.3 is 5.97 Å². The second-order valence-electron chi connectivity index (χ2n) is 4.32. The Labute approximate surface area is 111 Å². The highest BCUT2D eigenvalue weighted by Crippen LogP contribution is 2.14. The van der Waals surface area contributed by atoms with Crippen LogP contribution in [0.3, 0.4) is 0 Å². The van der Waals surface area contributed by atoms with Gasteiger partial charge in [-0.3, -0.25) is 0 Å². The van der Waals surface area contributed by atoms with E-state index in [0.717, 1.165) is 0 Å². The Hall–Kier alpha value is -1.95. The number of hydrogen-bond acceptors (Lipinski definition) is 5. The topological polar surface area (TPSA) is 65.7 Å². The van der Waals surface area contributed by atoms with Crippen molar-refractivity contribution < 1.29 is 14.3 Å². The molecule has 0 aliphatic heterocycles. The maximum absolute atomic E-state index is 12.1. The summed E-state index contributed by atoms with van der Waals surface area (Å²) in [4.78, 5) is 16.2. The highest BCUT2D eigenvalue weighted by Gasteiger charge is 2.19. The molecule has 0 aliphatic rings. The standard InChI is InChI=1S/C13H17N3O3/c1-9(18-3)5-8-19-13(17)11-10(2)15-16-7-4-6-14-12(11)16/h4,6-7,9H,5,8H2,1-3H3/t9-/m1/s1. The van der Waals surface area contributed by atoms with Crippen molar-refractivity contribution in [3.05, 3.63) is 29.7 Å². The minimum absolute atomic E-state index is 0.0657. The second kappa shape index (κ2) is 5.79. The lowest BCUT2D eigenvalue weighted by Crippen LogP contribution is -2.13. The first kappa shape index (κ1) is 13.5. The van der Waals surface area contributed by atoms with Gasteiger partial charge in [0.25, 0.3) is 0 Å². The number of esters is 1. The molecule has 2 aromatic rings. The monoisotopic (exact) mass is 263 g/mol. The van der Waals surface area contributed by atoms with Gasteiger partial charge in [0.1, 0.15) is 5.56 Å². The highest BCUT2D eigenvalue weighted by atomic mass is 16.5. The van der Waals surface area contributed by atoms with Crippen molar-refractivity contribution in [1.82, 2.24) is 14.6 Å².